The van der Waals surface area contributed by atoms with Crippen LogP contribution in [0, 0.1) is 16.7 Å². The second kappa shape index (κ2) is 4.93. The average molecular weight is 341 g/mol. The van der Waals surface area contributed by atoms with Gasteiger partial charge in [0.1, 0.15) is 16.7 Å². The minimum absolute atomic E-state index is 0.117. The summed E-state index contributed by atoms with van der Waals surface area (Å²) in [4.78, 5) is 5.08. The highest BCUT2D eigenvalue weighted by Gasteiger charge is 2.15. The summed E-state index contributed by atoms with van der Waals surface area (Å²) >= 11 is 14.8. The van der Waals surface area contributed by atoms with Crippen molar-refractivity contribution in [3.8, 4) is 6.07 Å². The number of rotatable bonds is 1. The predicted octanol–water partition coefficient (Wildman–Crippen LogP) is 3.93. The number of benzene rings is 1. The van der Waals surface area contributed by atoms with E-state index in [0.717, 1.165) is 10.2 Å². The van der Waals surface area contributed by atoms with Gasteiger partial charge in [0, 0.05) is 0 Å². The van der Waals surface area contributed by atoms with E-state index in [1.807, 2.05) is 12.3 Å². The normalized spacial score (nSPS) is 11.1. The van der Waals surface area contributed by atoms with Gasteiger partial charge in [0.05, 0.1) is 20.3 Å². The van der Waals surface area contributed by atoms with Crippen molar-refractivity contribution in [1.82, 2.24) is 9.38 Å². The van der Waals surface area contributed by atoms with Crippen molar-refractivity contribution in [2.75, 3.05) is 6.26 Å². The summed E-state index contributed by atoms with van der Waals surface area (Å²) in [5.41, 5.74) is 1.12. The van der Waals surface area contributed by atoms with Crippen molar-refractivity contribution < 1.29 is 0 Å². The summed E-state index contributed by atoms with van der Waals surface area (Å²) in [6, 6.07) is 5.49. The van der Waals surface area contributed by atoms with E-state index in [0.29, 0.717) is 20.0 Å². The fourth-order valence-corrected chi connectivity index (χ4v) is 3.93. The van der Waals surface area contributed by atoms with E-state index >= 15 is 0 Å². The third kappa shape index (κ3) is 1.90. The van der Waals surface area contributed by atoms with Crippen molar-refractivity contribution >= 4 is 61.5 Å². The molecule has 2 heterocycles. The zero-order chi connectivity index (χ0) is 14.4. The molecule has 100 valence electrons. The quantitative estimate of drug-likeness (QED) is 0.539. The number of nitriles is 1. The number of thioether (sulfide) groups is 1. The Balaban J connectivity index is 2.57. The number of nitrogens with one attached hydrogen (secondary N) is 1. The standard InChI is InChI=1S/C12H6Cl2N4S2/c1-19-11-5(4-15)10(16)18-8-2-6(13)7(14)3-9(8)20-12(18)17-11/h2-3,16H,1H3. The molecule has 0 fully saturated rings. The number of nitrogens with zero attached hydrogens (tertiary/aromatic N) is 3. The van der Waals surface area contributed by atoms with E-state index < -0.39 is 0 Å². The molecular weight excluding hydrogens is 335 g/mol. The summed E-state index contributed by atoms with van der Waals surface area (Å²) in [6.45, 7) is 0. The van der Waals surface area contributed by atoms with E-state index in [9.17, 15) is 5.26 Å². The summed E-state index contributed by atoms with van der Waals surface area (Å²) in [5, 5.41) is 18.9. The molecule has 0 unspecified atom stereocenters. The largest absolute Gasteiger partial charge is 0.283 e. The number of halogens is 2. The van der Waals surface area contributed by atoms with Crippen molar-refractivity contribution in [1.29, 1.82) is 10.7 Å². The molecule has 0 radical (unpaired) electrons. The molecule has 0 saturated heterocycles. The molecule has 0 atom stereocenters. The second-order valence-corrected chi connectivity index (χ2v) is 6.53. The van der Waals surface area contributed by atoms with Crippen LogP contribution in [-0.2, 0) is 0 Å². The van der Waals surface area contributed by atoms with Crippen LogP contribution in [0.3, 0.4) is 0 Å². The zero-order valence-electron chi connectivity index (χ0n) is 10.1. The maximum atomic E-state index is 9.22. The van der Waals surface area contributed by atoms with Crippen LogP contribution in [0.25, 0.3) is 15.2 Å². The van der Waals surface area contributed by atoms with E-state index in [2.05, 4.69) is 4.98 Å². The second-order valence-electron chi connectivity index (χ2n) is 3.91. The number of thiazole rings is 1. The maximum Gasteiger partial charge on any atom is 0.197 e. The Morgan fingerprint density at radius 3 is 2.75 bits per heavy atom. The van der Waals surface area contributed by atoms with E-state index in [-0.39, 0.29) is 11.1 Å². The molecule has 1 N–H and O–H groups in total. The summed E-state index contributed by atoms with van der Waals surface area (Å²) < 4.78 is 2.50. The lowest BCUT2D eigenvalue weighted by Gasteiger charge is -2.02. The van der Waals surface area contributed by atoms with Gasteiger partial charge < -0.3 is 0 Å². The minimum Gasteiger partial charge on any atom is -0.283 e. The van der Waals surface area contributed by atoms with Gasteiger partial charge in [-0.2, -0.15) is 5.26 Å². The van der Waals surface area contributed by atoms with Gasteiger partial charge in [-0.15, -0.1) is 11.8 Å². The average Bonchev–Trinajstić information content (AvgIpc) is 2.76. The molecule has 8 heteroatoms. The van der Waals surface area contributed by atoms with Gasteiger partial charge >= 0.3 is 0 Å². The van der Waals surface area contributed by atoms with Crippen molar-refractivity contribution in [3.63, 3.8) is 0 Å². The molecule has 2 aromatic heterocycles. The summed E-state index contributed by atoms with van der Waals surface area (Å²) in [6.07, 6.45) is 1.83. The van der Waals surface area contributed by atoms with Crippen LogP contribution in [0.1, 0.15) is 5.56 Å². The molecule has 0 spiro atoms. The van der Waals surface area contributed by atoms with Gasteiger partial charge in [-0.05, 0) is 18.4 Å². The van der Waals surface area contributed by atoms with Crippen LogP contribution in [0.15, 0.2) is 17.2 Å². The smallest absolute Gasteiger partial charge is 0.197 e. The molecule has 0 amide bonds. The SMILES string of the molecule is CSc1nc2sc3cc(Cl)c(Cl)cc3n2c(=N)c1C#N. The fraction of sp³-hybridized carbons (Fsp3) is 0.0833. The molecule has 0 bridgehead atoms. The van der Waals surface area contributed by atoms with Crippen LogP contribution < -0.4 is 5.49 Å². The summed E-state index contributed by atoms with van der Waals surface area (Å²) in [7, 11) is 0. The fourth-order valence-electron chi connectivity index (χ4n) is 1.91. The monoisotopic (exact) mass is 340 g/mol. The van der Waals surface area contributed by atoms with Gasteiger partial charge in [0.15, 0.2) is 10.4 Å². The first-order chi connectivity index (χ1) is 9.56. The van der Waals surface area contributed by atoms with Gasteiger partial charge in [0.25, 0.3) is 0 Å². The van der Waals surface area contributed by atoms with E-state index in [1.165, 1.54) is 23.1 Å². The molecular formula is C12H6Cl2N4S2. The first kappa shape index (κ1) is 13.7. The number of aromatic nitrogens is 2. The molecule has 0 aliphatic heterocycles. The highest BCUT2D eigenvalue weighted by molar-refractivity contribution is 7.98. The lowest BCUT2D eigenvalue weighted by atomic mass is 10.3. The lowest BCUT2D eigenvalue weighted by Crippen LogP contribution is -2.18. The van der Waals surface area contributed by atoms with Crippen LogP contribution in [0.4, 0.5) is 0 Å². The van der Waals surface area contributed by atoms with Gasteiger partial charge in [-0.1, -0.05) is 34.5 Å². The zero-order valence-corrected chi connectivity index (χ0v) is 13.2. The Labute approximate surface area is 132 Å². The Kier molecular flexibility index (Phi) is 3.38. The predicted molar refractivity (Wildman–Crippen MR) is 82.9 cm³/mol. The van der Waals surface area contributed by atoms with Gasteiger partial charge in [-0.3, -0.25) is 9.81 Å². The van der Waals surface area contributed by atoms with E-state index in [1.54, 1.807) is 16.5 Å². The van der Waals surface area contributed by atoms with Gasteiger partial charge in [-0.25, -0.2) is 4.98 Å². The molecule has 0 saturated carbocycles. The molecule has 3 aromatic rings. The topological polar surface area (TPSA) is 64.9 Å². The minimum atomic E-state index is 0.117. The highest BCUT2D eigenvalue weighted by atomic mass is 35.5. The molecule has 3 rings (SSSR count). The molecule has 20 heavy (non-hydrogen) atoms. The maximum absolute atomic E-state index is 9.22. The van der Waals surface area contributed by atoms with Crippen molar-refractivity contribution in [2.45, 2.75) is 5.03 Å². The number of fused-ring (bicyclic) bond motifs is 3. The highest BCUT2D eigenvalue weighted by Crippen LogP contribution is 2.32. The first-order valence-corrected chi connectivity index (χ1v) is 8.19. The lowest BCUT2D eigenvalue weighted by molar-refractivity contribution is 0.955. The van der Waals surface area contributed by atoms with Crippen LogP contribution in [-0.4, -0.2) is 15.6 Å². The van der Waals surface area contributed by atoms with Crippen molar-refractivity contribution in [3.05, 3.63) is 33.2 Å². The van der Waals surface area contributed by atoms with E-state index in [4.69, 9.17) is 28.6 Å². The molecule has 0 aliphatic carbocycles. The molecule has 0 aliphatic rings. The number of hydrogen-bond donors (Lipinski definition) is 1. The van der Waals surface area contributed by atoms with Gasteiger partial charge in [0.2, 0.25) is 0 Å². The Morgan fingerprint density at radius 2 is 2.10 bits per heavy atom. The Morgan fingerprint density at radius 1 is 1.40 bits per heavy atom. The van der Waals surface area contributed by atoms with Crippen molar-refractivity contribution in [2.24, 2.45) is 0 Å². The first-order valence-electron chi connectivity index (χ1n) is 5.39. The molecule has 1 aromatic carbocycles. The number of hydrogen-bond acceptors (Lipinski definition) is 5. The molecule has 4 nitrogen and oxygen atoms in total. The van der Waals surface area contributed by atoms with Crippen LogP contribution in [0.5, 0.6) is 0 Å². The van der Waals surface area contributed by atoms with Crippen LogP contribution >= 0.6 is 46.3 Å². The Hall–Kier alpha value is -1.26. The summed E-state index contributed by atoms with van der Waals surface area (Å²) in [5.74, 6) is 0. The Bertz CT molecular complexity index is 952. The third-order valence-corrected chi connectivity index (χ3v) is 5.22. The van der Waals surface area contributed by atoms with Crippen LogP contribution in [0.2, 0.25) is 10.0 Å². The third-order valence-electron chi connectivity index (χ3n) is 2.81.